The van der Waals surface area contributed by atoms with Gasteiger partial charge in [-0.3, -0.25) is 19.3 Å². The molecule has 0 aromatic heterocycles. The molecule has 7 heteroatoms. The van der Waals surface area contributed by atoms with Crippen LogP contribution in [0.3, 0.4) is 0 Å². The lowest BCUT2D eigenvalue weighted by Gasteiger charge is -2.30. The Morgan fingerprint density at radius 1 is 1.39 bits per heavy atom. The lowest BCUT2D eigenvalue weighted by Crippen LogP contribution is -2.47. The topological polar surface area (TPSA) is 79.0 Å². The van der Waals surface area contributed by atoms with Gasteiger partial charge in [-0.1, -0.05) is 19.1 Å². The Kier molecular flexibility index (Phi) is 5.20. The number of carbonyl (C=O) groups excluding carboxylic acids is 3. The van der Waals surface area contributed by atoms with E-state index in [2.05, 4.69) is 5.32 Å². The van der Waals surface area contributed by atoms with Crippen LogP contribution in [0.4, 0.5) is 5.69 Å². The summed E-state index contributed by atoms with van der Waals surface area (Å²) in [5, 5.41) is 2.55. The van der Waals surface area contributed by atoms with Gasteiger partial charge >= 0.3 is 0 Å². The van der Waals surface area contributed by atoms with Gasteiger partial charge in [0.05, 0.1) is 11.6 Å². The molecule has 0 spiro atoms. The molecule has 2 rings (SSSR count). The number of nitrogens with one attached hydrogen (secondary N) is 1. The number of hydrogen-bond acceptors (Lipinski definition) is 4. The Morgan fingerprint density at radius 2 is 2.09 bits per heavy atom. The third kappa shape index (κ3) is 3.80. The summed E-state index contributed by atoms with van der Waals surface area (Å²) in [5.41, 5.74) is 0.588. The van der Waals surface area contributed by atoms with E-state index in [4.69, 9.17) is 4.74 Å². The van der Waals surface area contributed by atoms with Crippen molar-refractivity contribution in [3.05, 3.63) is 24.3 Å². The molecule has 124 valence electrons. The van der Waals surface area contributed by atoms with Crippen LogP contribution >= 0.6 is 0 Å². The molecule has 0 saturated carbocycles. The molecule has 7 nitrogen and oxygen atoms in total. The lowest BCUT2D eigenvalue weighted by atomic mass is 10.1. The van der Waals surface area contributed by atoms with Gasteiger partial charge < -0.3 is 15.0 Å². The van der Waals surface area contributed by atoms with Crippen molar-refractivity contribution in [3.63, 3.8) is 0 Å². The number of para-hydroxylation sites is 2. The predicted octanol–water partition coefficient (Wildman–Crippen LogP) is 0.253. The fourth-order valence-corrected chi connectivity index (χ4v) is 2.43. The number of nitrogens with zero attached hydrogens (tertiary/aromatic N) is 2. The number of anilines is 1. The summed E-state index contributed by atoms with van der Waals surface area (Å²) in [6.07, 6.45) is 0. The number of rotatable bonds is 5. The molecular formula is C16H21N3O4. The second-order valence-electron chi connectivity index (χ2n) is 5.53. The van der Waals surface area contributed by atoms with E-state index in [-0.39, 0.29) is 36.8 Å². The highest BCUT2D eigenvalue weighted by Crippen LogP contribution is 2.31. The van der Waals surface area contributed by atoms with E-state index in [0.717, 1.165) is 0 Å². The second kappa shape index (κ2) is 7.13. The normalized spacial score (nSPS) is 14.6. The van der Waals surface area contributed by atoms with Crippen molar-refractivity contribution in [2.45, 2.75) is 6.92 Å². The zero-order valence-electron chi connectivity index (χ0n) is 13.5. The molecule has 0 bridgehead atoms. The number of hydrogen-bond donors (Lipinski definition) is 1. The molecule has 1 aliphatic rings. The van der Waals surface area contributed by atoms with E-state index in [1.54, 1.807) is 39.2 Å². The molecule has 23 heavy (non-hydrogen) atoms. The maximum atomic E-state index is 12.4. The van der Waals surface area contributed by atoms with Crippen molar-refractivity contribution in [2.75, 3.05) is 38.7 Å². The molecule has 1 aromatic carbocycles. The van der Waals surface area contributed by atoms with E-state index in [1.807, 2.05) is 6.07 Å². The van der Waals surface area contributed by atoms with Crippen LogP contribution in [-0.4, -0.2) is 56.4 Å². The summed E-state index contributed by atoms with van der Waals surface area (Å²) in [7, 11) is 3.18. The first-order chi connectivity index (χ1) is 10.9. The average Bonchev–Trinajstić information content (AvgIpc) is 2.56. The Labute approximate surface area is 135 Å². The zero-order valence-corrected chi connectivity index (χ0v) is 13.5. The molecule has 1 heterocycles. The Morgan fingerprint density at radius 3 is 2.78 bits per heavy atom. The van der Waals surface area contributed by atoms with E-state index in [9.17, 15) is 14.4 Å². The third-order valence-electron chi connectivity index (χ3n) is 3.77. The summed E-state index contributed by atoms with van der Waals surface area (Å²) >= 11 is 0. The number of fused-ring (bicyclic) bond motifs is 1. The first-order valence-corrected chi connectivity index (χ1v) is 7.41. The van der Waals surface area contributed by atoms with Crippen LogP contribution in [0.25, 0.3) is 0 Å². The van der Waals surface area contributed by atoms with Crippen LogP contribution in [0, 0.1) is 5.92 Å². The Hall–Kier alpha value is -2.57. The largest absolute Gasteiger partial charge is 0.482 e. The van der Waals surface area contributed by atoms with E-state index >= 15 is 0 Å². The molecule has 0 radical (unpaired) electrons. The number of benzene rings is 1. The minimum absolute atomic E-state index is 0.0732. The molecule has 1 aromatic rings. The third-order valence-corrected chi connectivity index (χ3v) is 3.77. The summed E-state index contributed by atoms with van der Waals surface area (Å²) in [6.45, 7) is 1.88. The van der Waals surface area contributed by atoms with Crippen LogP contribution in [-0.2, 0) is 14.4 Å². The maximum absolute atomic E-state index is 12.4. The van der Waals surface area contributed by atoms with Crippen molar-refractivity contribution in [1.82, 2.24) is 10.2 Å². The fourth-order valence-electron chi connectivity index (χ4n) is 2.43. The molecule has 1 aliphatic heterocycles. The van der Waals surface area contributed by atoms with Gasteiger partial charge in [-0.2, -0.15) is 0 Å². The molecule has 0 fully saturated rings. The molecule has 1 N–H and O–H groups in total. The summed E-state index contributed by atoms with van der Waals surface area (Å²) in [6, 6.07) is 7.10. The lowest BCUT2D eigenvalue weighted by molar-refractivity contribution is -0.132. The molecular weight excluding hydrogens is 298 g/mol. The number of carbonyl (C=O) groups is 3. The van der Waals surface area contributed by atoms with Crippen molar-refractivity contribution in [3.8, 4) is 5.75 Å². The quantitative estimate of drug-likeness (QED) is 0.844. The van der Waals surface area contributed by atoms with Crippen molar-refractivity contribution < 1.29 is 19.1 Å². The van der Waals surface area contributed by atoms with Gasteiger partial charge in [0, 0.05) is 20.6 Å². The Bertz CT molecular complexity index is 617. The van der Waals surface area contributed by atoms with E-state index < -0.39 is 0 Å². The van der Waals surface area contributed by atoms with E-state index in [1.165, 1.54) is 9.80 Å². The second-order valence-corrected chi connectivity index (χ2v) is 5.53. The van der Waals surface area contributed by atoms with Gasteiger partial charge in [-0.05, 0) is 12.1 Å². The first kappa shape index (κ1) is 16.8. The van der Waals surface area contributed by atoms with Gasteiger partial charge in [0.1, 0.15) is 12.3 Å². The highest BCUT2D eigenvalue weighted by Gasteiger charge is 2.28. The highest BCUT2D eigenvalue weighted by atomic mass is 16.5. The molecule has 0 aliphatic carbocycles. The SMILES string of the molecule is CNC(=O)[C@@H](C)CN(C)C(=O)CN1C(=O)COc2ccccc21. The predicted molar refractivity (Wildman–Crippen MR) is 85.2 cm³/mol. The monoisotopic (exact) mass is 319 g/mol. The van der Waals surface area contributed by atoms with Crippen molar-refractivity contribution in [2.24, 2.45) is 5.92 Å². The molecule has 0 unspecified atom stereocenters. The van der Waals surface area contributed by atoms with Crippen LogP contribution in [0.5, 0.6) is 5.75 Å². The minimum Gasteiger partial charge on any atom is -0.482 e. The van der Waals surface area contributed by atoms with Crippen LogP contribution in [0.1, 0.15) is 6.92 Å². The number of amides is 3. The van der Waals surface area contributed by atoms with E-state index in [0.29, 0.717) is 18.0 Å². The van der Waals surface area contributed by atoms with Crippen LogP contribution in [0.15, 0.2) is 24.3 Å². The molecule has 0 saturated heterocycles. The standard InChI is InChI=1S/C16H21N3O4/c1-11(16(22)17-2)8-18(3)14(20)9-19-12-6-4-5-7-13(12)23-10-15(19)21/h4-7,11H,8-10H2,1-3H3,(H,17,22)/t11-/m0/s1. The summed E-state index contributed by atoms with van der Waals surface area (Å²) < 4.78 is 5.35. The number of ether oxygens (including phenoxy) is 1. The number of likely N-dealkylation sites (N-methyl/N-ethyl adjacent to an activating group) is 1. The van der Waals surface area contributed by atoms with Gasteiger partial charge in [-0.15, -0.1) is 0 Å². The van der Waals surface area contributed by atoms with Crippen LogP contribution < -0.4 is 15.0 Å². The molecule has 1 atom stereocenters. The van der Waals surface area contributed by atoms with Gasteiger partial charge in [0.2, 0.25) is 11.8 Å². The highest BCUT2D eigenvalue weighted by molar-refractivity contribution is 6.02. The molecule has 3 amide bonds. The zero-order chi connectivity index (χ0) is 17.0. The van der Waals surface area contributed by atoms with Gasteiger partial charge in [-0.25, -0.2) is 0 Å². The van der Waals surface area contributed by atoms with Gasteiger partial charge in [0.15, 0.2) is 6.61 Å². The summed E-state index contributed by atoms with van der Waals surface area (Å²) in [5.74, 6) is -0.351. The summed E-state index contributed by atoms with van der Waals surface area (Å²) in [4.78, 5) is 38.9. The van der Waals surface area contributed by atoms with Gasteiger partial charge in [0.25, 0.3) is 5.91 Å². The van der Waals surface area contributed by atoms with Crippen molar-refractivity contribution in [1.29, 1.82) is 0 Å². The van der Waals surface area contributed by atoms with Crippen LogP contribution in [0.2, 0.25) is 0 Å². The fraction of sp³-hybridized carbons (Fsp3) is 0.438. The Balaban J connectivity index is 2.05. The minimum atomic E-state index is -0.318. The first-order valence-electron chi connectivity index (χ1n) is 7.41. The average molecular weight is 319 g/mol. The van der Waals surface area contributed by atoms with Crippen molar-refractivity contribution >= 4 is 23.4 Å². The maximum Gasteiger partial charge on any atom is 0.265 e. The smallest absolute Gasteiger partial charge is 0.265 e.